The molecule has 4 aromatic rings. The quantitative estimate of drug-likeness (QED) is 0.403. The first-order valence-corrected chi connectivity index (χ1v) is 12.6. The van der Waals surface area contributed by atoms with E-state index >= 15 is 0 Å². The summed E-state index contributed by atoms with van der Waals surface area (Å²) in [5, 5.41) is 7.74. The maximum absolute atomic E-state index is 12.9. The summed E-state index contributed by atoms with van der Waals surface area (Å²) in [5.41, 5.74) is 2.45. The highest BCUT2D eigenvalue weighted by molar-refractivity contribution is 7.89. The second-order valence-electron chi connectivity index (χ2n) is 8.09. The van der Waals surface area contributed by atoms with E-state index in [1.165, 1.54) is 16.4 Å². The molecule has 2 heterocycles. The molecule has 3 aromatic carbocycles. The van der Waals surface area contributed by atoms with Crippen LogP contribution in [0.3, 0.4) is 0 Å². The zero-order valence-electron chi connectivity index (χ0n) is 19.1. The molecule has 0 saturated carbocycles. The van der Waals surface area contributed by atoms with Crippen molar-refractivity contribution in [1.82, 2.24) is 4.31 Å². The normalized spacial score (nSPS) is 14.8. The van der Waals surface area contributed by atoms with Gasteiger partial charge in [0.25, 0.3) is 0 Å². The van der Waals surface area contributed by atoms with Crippen LogP contribution < -0.4 is 15.4 Å². The molecule has 1 saturated heterocycles. The molecule has 5 rings (SSSR count). The topological polar surface area (TPSA) is 110 Å². The van der Waals surface area contributed by atoms with Gasteiger partial charge in [-0.3, -0.25) is 4.79 Å². The number of para-hydroxylation sites is 1. The van der Waals surface area contributed by atoms with Crippen molar-refractivity contribution in [2.24, 2.45) is 0 Å². The molecule has 1 aromatic heterocycles. The number of morpholine rings is 1. The molecular formula is C25H25N3O6S. The number of nitrogens with one attached hydrogen (secondary N) is 2. The third kappa shape index (κ3) is 4.68. The van der Waals surface area contributed by atoms with Crippen LogP contribution in [-0.2, 0) is 19.6 Å². The molecule has 0 atom stereocenters. The van der Waals surface area contributed by atoms with Gasteiger partial charge in [-0.15, -0.1) is 0 Å². The molecule has 182 valence electrons. The number of benzene rings is 3. The Bertz CT molecular complexity index is 1490. The maximum atomic E-state index is 12.9. The Balaban J connectivity index is 1.29. The maximum Gasteiger partial charge on any atom is 0.243 e. The Morgan fingerprint density at radius 1 is 1.00 bits per heavy atom. The van der Waals surface area contributed by atoms with Crippen molar-refractivity contribution in [3.05, 3.63) is 60.7 Å². The molecule has 1 fully saturated rings. The Labute approximate surface area is 202 Å². The molecule has 10 heteroatoms. The second-order valence-corrected chi connectivity index (χ2v) is 10.0. The number of hydrogen-bond donors (Lipinski definition) is 2. The average Bonchev–Trinajstić information content (AvgIpc) is 3.25. The van der Waals surface area contributed by atoms with E-state index in [9.17, 15) is 13.2 Å². The van der Waals surface area contributed by atoms with Crippen LogP contribution >= 0.6 is 0 Å². The number of rotatable bonds is 7. The number of amides is 1. The van der Waals surface area contributed by atoms with Gasteiger partial charge in [-0.2, -0.15) is 4.31 Å². The van der Waals surface area contributed by atoms with Crippen LogP contribution in [0.1, 0.15) is 0 Å². The average molecular weight is 496 g/mol. The number of anilines is 2. The van der Waals surface area contributed by atoms with Gasteiger partial charge >= 0.3 is 0 Å². The molecule has 1 aliphatic heterocycles. The summed E-state index contributed by atoms with van der Waals surface area (Å²) < 4.78 is 43.9. The molecule has 35 heavy (non-hydrogen) atoms. The first-order valence-electron chi connectivity index (χ1n) is 11.2. The Morgan fingerprint density at radius 3 is 2.60 bits per heavy atom. The lowest BCUT2D eigenvalue weighted by molar-refractivity contribution is -0.114. The Morgan fingerprint density at radius 2 is 1.80 bits per heavy atom. The molecule has 2 N–H and O–H groups in total. The van der Waals surface area contributed by atoms with Crippen molar-refractivity contribution in [2.45, 2.75) is 4.90 Å². The van der Waals surface area contributed by atoms with Gasteiger partial charge in [-0.05, 0) is 30.3 Å². The van der Waals surface area contributed by atoms with E-state index in [-0.39, 0.29) is 17.3 Å². The predicted octanol–water partition coefficient (Wildman–Crippen LogP) is 3.67. The molecule has 0 radical (unpaired) electrons. The van der Waals surface area contributed by atoms with Gasteiger partial charge in [0.2, 0.25) is 15.9 Å². The fourth-order valence-corrected chi connectivity index (χ4v) is 5.56. The minimum absolute atomic E-state index is 0.0530. The highest BCUT2D eigenvalue weighted by atomic mass is 32.2. The number of methoxy groups -OCH3 is 1. The standard InChI is InChI=1S/C25H25N3O6S/c1-32-24-14-20-19-7-2-3-8-22(19)34-23(20)15-21(24)26-16-25(29)27-17-5-4-6-18(13-17)35(30,31)28-9-11-33-12-10-28/h2-8,13-15,26H,9-12,16H2,1H3,(H,27,29). The fourth-order valence-electron chi connectivity index (χ4n) is 4.11. The molecule has 1 aliphatic rings. The summed E-state index contributed by atoms with van der Waals surface area (Å²) in [5.74, 6) is 0.244. The molecule has 1 amide bonds. The lowest BCUT2D eigenvalue weighted by atomic mass is 10.1. The van der Waals surface area contributed by atoms with Crippen LogP contribution in [0, 0.1) is 0 Å². The number of hydrogen-bond acceptors (Lipinski definition) is 7. The lowest BCUT2D eigenvalue weighted by Crippen LogP contribution is -2.40. The fraction of sp³-hybridized carbons (Fsp3) is 0.240. The van der Waals surface area contributed by atoms with Crippen LogP contribution in [0.5, 0.6) is 5.75 Å². The number of furan rings is 1. The minimum atomic E-state index is -3.66. The van der Waals surface area contributed by atoms with E-state index < -0.39 is 10.0 Å². The van der Waals surface area contributed by atoms with E-state index in [2.05, 4.69) is 10.6 Å². The molecule has 0 spiro atoms. The van der Waals surface area contributed by atoms with Crippen LogP contribution in [0.25, 0.3) is 21.9 Å². The highest BCUT2D eigenvalue weighted by Gasteiger charge is 2.26. The van der Waals surface area contributed by atoms with Gasteiger partial charge in [-0.1, -0.05) is 24.3 Å². The first-order chi connectivity index (χ1) is 17.0. The number of nitrogens with zero attached hydrogens (tertiary/aromatic N) is 1. The summed E-state index contributed by atoms with van der Waals surface area (Å²) in [6, 6.07) is 17.7. The summed E-state index contributed by atoms with van der Waals surface area (Å²) >= 11 is 0. The summed E-state index contributed by atoms with van der Waals surface area (Å²) in [4.78, 5) is 12.8. The lowest BCUT2D eigenvalue weighted by Gasteiger charge is -2.26. The third-order valence-corrected chi connectivity index (χ3v) is 7.76. The van der Waals surface area contributed by atoms with Gasteiger partial charge in [0.15, 0.2) is 0 Å². The van der Waals surface area contributed by atoms with E-state index in [0.29, 0.717) is 49.0 Å². The van der Waals surface area contributed by atoms with Gasteiger partial charge in [0.05, 0.1) is 37.5 Å². The molecule has 9 nitrogen and oxygen atoms in total. The van der Waals surface area contributed by atoms with Gasteiger partial charge in [0.1, 0.15) is 16.9 Å². The smallest absolute Gasteiger partial charge is 0.243 e. The highest BCUT2D eigenvalue weighted by Crippen LogP contribution is 2.36. The monoisotopic (exact) mass is 495 g/mol. The summed E-state index contributed by atoms with van der Waals surface area (Å²) in [7, 11) is -2.09. The van der Waals surface area contributed by atoms with Crippen molar-refractivity contribution < 1.29 is 27.1 Å². The van der Waals surface area contributed by atoms with E-state index in [4.69, 9.17) is 13.9 Å². The van der Waals surface area contributed by atoms with Gasteiger partial charge in [-0.25, -0.2) is 8.42 Å². The predicted molar refractivity (Wildman–Crippen MR) is 133 cm³/mol. The van der Waals surface area contributed by atoms with Crippen molar-refractivity contribution in [1.29, 1.82) is 0 Å². The van der Waals surface area contributed by atoms with Crippen LogP contribution in [-0.4, -0.2) is 58.6 Å². The summed E-state index contributed by atoms with van der Waals surface area (Å²) in [6.45, 7) is 1.29. The molecular weight excluding hydrogens is 470 g/mol. The zero-order valence-corrected chi connectivity index (χ0v) is 19.9. The summed E-state index contributed by atoms with van der Waals surface area (Å²) in [6.07, 6.45) is 0. The molecule has 0 aliphatic carbocycles. The van der Waals surface area contributed by atoms with Crippen molar-refractivity contribution in [3.63, 3.8) is 0 Å². The number of fused-ring (bicyclic) bond motifs is 3. The van der Waals surface area contributed by atoms with Crippen LogP contribution in [0.15, 0.2) is 70.0 Å². The SMILES string of the molecule is COc1cc2c(cc1NCC(=O)Nc1cccc(S(=O)(=O)N3CCOCC3)c1)oc1ccccc12. The number of ether oxygens (including phenoxy) is 2. The Hall–Kier alpha value is -3.60. The van der Waals surface area contributed by atoms with Gasteiger partial charge < -0.3 is 24.5 Å². The minimum Gasteiger partial charge on any atom is -0.495 e. The van der Waals surface area contributed by atoms with E-state index in [1.54, 1.807) is 25.3 Å². The van der Waals surface area contributed by atoms with Gasteiger partial charge in [0, 0.05) is 35.6 Å². The van der Waals surface area contributed by atoms with Crippen molar-refractivity contribution in [2.75, 3.05) is 50.6 Å². The van der Waals surface area contributed by atoms with E-state index in [0.717, 1.165) is 16.4 Å². The zero-order chi connectivity index (χ0) is 24.4. The number of carbonyl (C=O) groups is 1. The number of sulfonamides is 1. The second kappa shape index (κ2) is 9.57. The third-order valence-electron chi connectivity index (χ3n) is 5.86. The van der Waals surface area contributed by atoms with E-state index in [1.807, 2.05) is 30.3 Å². The first kappa shape index (κ1) is 23.2. The van der Waals surface area contributed by atoms with Crippen molar-refractivity contribution in [3.8, 4) is 5.75 Å². The van der Waals surface area contributed by atoms with Crippen LogP contribution in [0.2, 0.25) is 0 Å². The molecule has 0 unspecified atom stereocenters. The molecule has 0 bridgehead atoms. The largest absolute Gasteiger partial charge is 0.495 e. The van der Waals surface area contributed by atoms with Crippen molar-refractivity contribution >= 4 is 49.2 Å². The van der Waals surface area contributed by atoms with Crippen LogP contribution in [0.4, 0.5) is 11.4 Å². The number of carbonyl (C=O) groups excluding carboxylic acids is 1. The Kier molecular flexibility index (Phi) is 6.33.